The molecule has 0 aliphatic heterocycles. The van der Waals surface area contributed by atoms with Gasteiger partial charge in [0.25, 0.3) is 0 Å². The van der Waals surface area contributed by atoms with Crippen molar-refractivity contribution in [2.24, 2.45) is 0 Å². The van der Waals surface area contributed by atoms with Crippen molar-refractivity contribution in [2.75, 3.05) is 19.1 Å². The molecule has 0 atom stereocenters. The van der Waals surface area contributed by atoms with Crippen LogP contribution in [0.3, 0.4) is 0 Å². The molecule has 0 aliphatic rings. The topological polar surface area (TPSA) is 49.1 Å². The number of pyridine rings is 1. The van der Waals surface area contributed by atoms with Gasteiger partial charge >= 0.3 is 0 Å². The van der Waals surface area contributed by atoms with Crippen LogP contribution >= 0.6 is 0 Å². The largest absolute Gasteiger partial charge is 0.497 e. The first-order valence-corrected chi connectivity index (χ1v) is 6.35. The lowest BCUT2D eigenvalue weighted by Crippen LogP contribution is -2.19. The maximum Gasteiger partial charge on any atom is 0.146 e. The Hall–Kier alpha value is -2.54. The summed E-state index contributed by atoms with van der Waals surface area (Å²) in [6, 6.07) is 12.0. The van der Waals surface area contributed by atoms with Crippen LogP contribution < -0.4 is 9.64 Å². The quantitative estimate of drug-likeness (QED) is 0.854. The standard InChI is InChI=1S/C16H17N3O/c1-12-7-8-18-16(15(12)10-17)19(2)11-13-5-4-6-14(9-13)20-3/h4-9H,11H2,1-3H3. The number of aromatic nitrogens is 1. The van der Waals surface area contributed by atoms with E-state index in [4.69, 9.17) is 4.74 Å². The third kappa shape index (κ3) is 2.89. The number of rotatable bonds is 4. The molecule has 0 radical (unpaired) electrons. The first-order valence-electron chi connectivity index (χ1n) is 6.35. The van der Waals surface area contributed by atoms with E-state index in [0.29, 0.717) is 17.9 Å². The molecular weight excluding hydrogens is 250 g/mol. The number of nitrogens with zero attached hydrogens (tertiary/aromatic N) is 3. The Morgan fingerprint density at radius 1 is 1.35 bits per heavy atom. The summed E-state index contributed by atoms with van der Waals surface area (Å²) in [5, 5.41) is 9.26. The van der Waals surface area contributed by atoms with Gasteiger partial charge in [-0.3, -0.25) is 0 Å². The molecule has 0 unspecified atom stereocenters. The molecule has 0 saturated heterocycles. The Labute approximate surface area is 119 Å². The summed E-state index contributed by atoms with van der Waals surface area (Å²) < 4.78 is 5.22. The molecule has 0 saturated carbocycles. The van der Waals surface area contributed by atoms with Crippen LogP contribution in [0.25, 0.3) is 0 Å². The van der Waals surface area contributed by atoms with Crippen LogP contribution in [0.2, 0.25) is 0 Å². The number of aryl methyl sites for hydroxylation is 1. The highest BCUT2D eigenvalue weighted by atomic mass is 16.5. The van der Waals surface area contributed by atoms with Gasteiger partial charge in [-0.05, 0) is 36.2 Å². The first-order chi connectivity index (χ1) is 9.65. The fourth-order valence-electron chi connectivity index (χ4n) is 2.09. The highest BCUT2D eigenvalue weighted by Crippen LogP contribution is 2.21. The lowest BCUT2D eigenvalue weighted by Gasteiger charge is -2.20. The molecule has 0 N–H and O–H groups in total. The molecule has 20 heavy (non-hydrogen) atoms. The van der Waals surface area contributed by atoms with Crippen molar-refractivity contribution in [1.29, 1.82) is 5.26 Å². The second-order valence-corrected chi connectivity index (χ2v) is 4.65. The fraction of sp³-hybridized carbons (Fsp3) is 0.250. The minimum atomic E-state index is 0.623. The minimum Gasteiger partial charge on any atom is -0.497 e. The van der Waals surface area contributed by atoms with E-state index in [9.17, 15) is 5.26 Å². The second-order valence-electron chi connectivity index (χ2n) is 4.65. The summed E-state index contributed by atoms with van der Waals surface area (Å²) in [5.74, 6) is 1.53. The van der Waals surface area contributed by atoms with Crippen molar-refractivity contribution in [2.45, 2.75) is 13.5 Å². The van der Waals surface area contributed by atoms with E-state index in [1.165, 1.54) is 0 Å². The van der Waals surface area contributed by atoms with Gasteiger partial charge in [-0.2, -0.15) is 5.26 Å². The van der Waals surface area contributed by atoms with Crippen LogP contribution in [-0.2, 0) is 6.54 Å². The van der Waals surface area contributed by atoms with Gasteiger partial charge in [0, 0.05) is 19.8 Å². The van der Waals surface area contributed by atoms with Crippen LogP contribution in [0.15, 0.2) is 36.5 Å². The highest BCUT2D eigenvalue weighted by molar-refractivity contribution is 5.57. The lowest BCUT2D eigenvalue weighted by molar-refractivity contribution is 0.414. The molecule has 1 heterocycles. The van der Waals surface area contributed by atoms with Gasteiger partial charge in [-0.15, -0.1) is 0 Å². The second kappa shape index (κ2) is 6.07. The Morgan fingerprint density at radius 2 is 2.15 bits per heavy atom. The SMILES string of the molecule is COc1cccc(CN(C)c2nccc(C)c2C#N)c1. The predicted molar refractivity (Wildman–Crippen MR) is 78.8 cm³/mol. The molecule has 0 fully saturated rings. The van der Waals surface area contributed by atoms with E-state index in [1.54, 1.807) is 13.3 Å². The van der Waals surface area contributed by atoms with Gasteiger partial charge in [-0.25, -0.2) is 4.98 Å². The Balaban J connectivity index is 2.26. The van der Waals surface area contributed by atoms with Gasteiger partial charge in [0.15, 0.2) is 0 Å². The van der Waals surface area contributed by atoms with E-state index in [-0.39, 0.29) is 0 Å². The lowest BCUT2D eigenvalue weighted by atomic mass is 10.1. The molecule has 2 rings (SSSR count). The van der Waals surface area contributed by atoms with Gasteiger partial charge in [0.05, 0.1) is 12.7 Å². The normalized spacial score (nSPS) is 9.90. The number of hydrogen-bond donors (Lipinski definition) is 0. The Morgan fingerprint density at radius 3 is 2.85 bits per heavy atom. The maximum absolute atomic E-state index is 9.26. The number of hydrogen-bond acceptors (Lipinski definition) is 4. The molecule has 0 amide bonds. The van der Waals surface area contributed by atoms with E-state index >= 15 is 0 Å². The van der Waals surface area contributed by atoms with Crippen molar-refractivity contribution in [3.8, 4) is 11.8 Å². The Bertz CT molecular complexity index is 646. The third-order valence-corrected chi connectivity index (χ3v) is 3.17. The molecule has 4 nitrogen and oxygen atoms in total. The third-order valence-electron chi connectivity index (χ3n) is 3.17. The van der Waals surface area contributed by atoms with Crippen LogP contribution in [0.4, 0.5) is 5.82 Å². The number of anilines is 1. The monoisotopic (exact) mass is 267 g/mol. The molecule has 0 spiro atoms. The molecule has 0 aliphatic carbocycles. The summed E-state index contributed by atoms with van der Waals surface area (Å²) in [6.45, 7) is 2.59. The summed E-state index contributed by atoms with van der Waals surface area (Å²) >= 11 is 0. The molecular formula is C16H17N3O. The van der Waals surface area contributed by atoms with Crippen molar-refractivity contribution < 1.29 is 4.74 Å². The molecule has 1 aromatic carbocycles. The molecule has 4 heteroatoms. The zero-order chi connectivity index (χ0) is 14.5. The van der Waals surface area contributed by atoms with Crippen molar-refractivity contribution in [3.63, 3.8) is 0 Å². The molecule has 1 aromatic heterocycles. The summed E-state index contributed by atoms with van der Waals surface area (Å²) in [7, 11) is 3.58. The number of benzene rings is 1. The van der Waals surface area contributed by atoms with Crippen LogP contribution in [0.5, 0.6) is 5.75 Å². The van der Waals surface area contributed by atoms with Crippen molar-refractivity contribution in [1.82, 2.24) is 4.98 Å². The predicted octanol–water partition coefficient (Wildman–Crippen LogP) is 2.91. The zero-order valence-corrected chi connectivity index (χ0v) is 11.9. The zero-order valence-electron chi connectivity index (χ0n) is 11.9. The van der Waals surface area contributed by atoms with Gasteiger partial charge < -0.3 is 9.64 Å². The summed E-state index contributed by atoms with van der Waals surface area (Å²) in [5.41, 5.74) is 2.67. The average molecular weight is 267 g/mol. The van der Waals surface area contributed by atoms with Crippen LogP contribution in [-0.4, -0.2) is 19.1 Å². The van der Waals surface area contributed by atoms with Crippen LogP contribution in [0.1, 0.15) is 16.7 Å². The van der Waals surface area contributed by atoms with E-state index < -0.39 is 0 Å². The highest BCUT2D eigenvalue weighted by Gasteiger charge is 2.11. The van der Waals surface area contributed by atoms with Crippen molar-refractivity contribution in [3.05, 3.63) is 53.2 Å². The van der Waals surface area contributed by atoms with E-state index in [1.807, 2.05) is 49.2 Å². The molecule has 102 valence electrons. The summed E-state index contributed by atoms with van der Waals surface area (Å²) in [6.07, 6.45) is 1.73. The summed E-state index contributed by atoms with van der Waals surface area (Å²) in [4.78, 5) is 6.29. The number of ether oxygens (including phenoxy) is 1. The maximum atomic E-state index is 9.26. The van der Waals surface area contributed by atoms with E-state index in [2.05, 4.69) is 11.1 Å². The fourth-order valence-corrected chi connectivity index (χ4v) is 2.09. The smallest absolute Gasteiger partial charge is 0.146 e. The number of nitriles is 1. The molecule has 0 bridgehead atoms. The van der Waals surface area contributed by atoms with Crippen molar-refractivity contribution >= 4 is 5.82 Å². The van der Waals surface area contributed by atoms with Crippen LogP contribution in [0, 0.1) is 18.3 Å². The average Bonchev–Trinajstić information content (AvgIpc) is 2.47. The van der Waals surface area contributed by atoms with E-state index in [0.717, 1.165) is 16.9 Å². The number of methoxy groups -OCH3 is 1. The van der Waals surface area contributed by atoms with Gasteiger partial charge in [-0.1, -0.05) is 12.1 Å². The Kier molecular flexibility index (Phi) is 4.21. The molecule has 2 aromatic rings. The van der Waals surface area contributed by atoms with Gasteiger partial charge in [0.1, 0.15) is 17.6 Å². The van der Waals surface area contributed by atoms with Gasteiger partial charge in [0.2, 0.25) is 0 Å². The minimum absolute atomic E-state index is 0.623. The first kappa shape index (κ1) is 13.9.